The maximum absolute atomic E-state index is 13.5. The third-order valence-corrected chi connectivity index (χ3v) is 6.37. The Morgan fingerprint density at radius 1 is 0.971 bits per heavy atom. The van der Waals surface area contributed by atoms with Crippen molar-refractivity contribution in [3.63, 3.8) is 0 Å². The number of anilines is 1. The molecule has 0 saturated heterocycles. The van der Waals surface area contributed by atoms with Gasteiger partial charge < -0.3 is 5.32 Å². The second kappa shape index (κ2) is 8.64. The molecular weight excluding hydrogens is 462 g/mol. The van der Waals surface area contributed by atoms with E-state index in [9.17, 15) is 23.2 Å². The Bertz CT molecular complexity index is 1670. The molecule has 1 amide bonds. The molecule has 0 aliphatic carbocycles. The van der Waals surface area contributed by atoms with E-state index in [2.05, 4.69) is 10.3 Å². The normalized spacial score (nSPS) is 11.2. The van der Waals surface area contributed by atoms with Crippen molar-refractivity contribution < 1.29 is 13.6 Å². The van der Waals surface area contributed by atoms with E-state index in [4.69, 9.17) is 0 Å². The fourth-order valence-electron chi connectivity index (χ4n) is 3.75. The number of hydrogen-bond acceptors (Lipinski definition) is 5. The summed E-state index contributed by atoms with van der Waals surface area (Å²) in [6.07, 6.45) is 1.58. The van der Waals surface area contributed by atoms with E-state index >= 15 is 0 Å². The predicted octanol–water partition coefficient (Wildman–Crippen LogP) is 3.74. The minimum atomic E-state index is -0.695. The molecule has 5 aromatic rings. The van der Waals surface area contributed by atoms with Crippen molar-refractivity contribution in [2.45, 2.75) is 13.1 Å². The zero-order chi connectivity index (χ0) is 23.8. The minimum Gasteiger partial charge on any atom is -0.324 e. The van der Waals surface area contributed by atoms with Crippen LogP contribution in [0.15, 0.2) is 76.4 Å². The molecule has 0 atom stereocenters. The molecular formula is C24H16F2N4O3S. The predicted molar refractivity (Wildman–Crippen MR) is 126 cm³/mol. The second-order valence-electron chi connectivity index (χ2n) is 7.58. The highest BCUT2D eigenvalue weighted by Crippen LogP contribution is 2.29. The molecule has 7 nitrogen and oxygen atoms in total. The Hall–Kier alpha value is -4.18. The quantitative estimate of drug-likeness (QED) is 0.417. The zero-order valence-corrected chi connectivity index (χ0v) is 18.3. The molecule has 10 heteroatoms. The van der Waals surface area contributed by atoms with E-state index in [0.717, 1.165) is 22.0 Å². The van der Waals surface area contributed by atoms with Gasteiger partial charge in [-0.15, -0.1) is 11.3 Å². The highest BCUT2D eigenvalue weighted by molar-refractivity contribution is 7.25. The van der Waals surface area contributed by atoms with Gasteiger partial charge in [-0.1, -0.05) is 18.2 Å². The molecule has 0 aliphatic rings. The number of carbonyl (C=O) groups is 1. The van der Waals surface area contributed by atoms with Crippen LogP contribution in [-0.2, 0) is 17.9 Å². The Labute approximate surface area is 194 Å². The van der Waals surface area contributed by atoms with Crippen LogP contribution in [0.4, 0.5) is 14.5 Å². The lowest BCUT2D eigenvalue weighted by Gasteiger charge is -2.13. The van der Waals surface area contributed by atoms with E-state index in [1.807, 2.05) is 0 Å². The van der Waals surface area contributed by atoms with Crippen LogP contribution in [0.25, 0.3) is 20.4 Å². The Kier molecular flexibility index (Phi) is 5.50. The van der Waals surface area contributed by atoms with Gasteiger partial charge in [0.25, 0.3) is 5.56 Å². The summed E-state index contributed by atoms with van der Waals surface area (Å²) in [5.41, 5.74) is -0.109. The molecule has 3 heterocycles. The number of thiophene rings is 1. The summed E-state index contributed by atoms with van der Waals surface area (Å²) in [5.74, 6) is -1.52. The van der Waals surface area contributed by atoms with E-state index < -0.39 is 35.3 Å². The molecule has 0 radical (unpaired) electrons. The lowest BCUT2D eigenvalue weighted by Crippen LogP contribution is -2.41. The molecule has 0 bridgehead atoms. The highest BCUT2D eigenvalue weighted by Gasteiger charge is 2.20. The first-order valence-electron chi connectivity index (χ1n) is 10.2. The van der Waals surface area contributed by atoms with Crippen molar-refractivity contribution in [3.05, 3.63) is 105 Å². The summed E-state index contributed by atoms with van der Waals surface area (Å²) >= 11 is 1.13. The number of halogens is 2. The van der Waals surface area contributed by atoms with Gasteiger partial charge in [-0.3, -0.25) is 18.7 Å². The van der Waals surface area contributed by atoms with Crippen molar-refractivity contribution in [2.75, 3.05) is 5.32 Å². The summed E-state index contributed by atoms with van der Waals surface area (Å²) in [5, 5.41) is 3.15. The van der Waals surface area contributed by atoms with Crippen LogP contribution in [-0.4, -0.2) is 20.0 Å². The number of rotatable bonds is 5. The molecule has 34 heavy (non-hydrogen) atoms. The van der Waals surface area contributed by atoms with E-state index in [0.29, 0.717) is 21.3 Å². The zero-order valence-electron chi connectivity index (χ0n) is 17.5. The Balaban J connectivity index is 1.65. The number of fused-ring (bicyclic) bond motifs is 3. The SMILES string of the molecule is O=C(Cn1c(=O)n(Cc2ccc(F)cc2)c(=O)c2sc3ncccc3c21)Nc1cccc(F)c1. The van der Waals surface area contributed by atoms with Crippen molar-refractivity contribution in [3.8, 4) is 0 Å². The average Bonchev–Trinajstić information content (AvgIpc) is 3.20. The van der Waals surface area contributed by atoms with Gasteiger partial charge in [0.1, 0.15) is 27.7 Å². The smallest absolute Gasteiger partial charge is 0.324 e. The van der Waals surface area contributed by atoms with Gasteiger partial charge in [-0.05, 0) is 48.0 Å². The summed E-state index contributed by atoms with van der Waals surface area (Å²) < 4.78 is 29.3. The molecule has 2 aromatic carbocycles. The maximum Gasteiger partial charge on any atom is 0.332 e. The summed E-state index contributed by atoms with van der Waals surface area (Å²) in [6, 6.07) is 14.3. The third-order valence-electron chi connectivity index (χ3n) is 5.28. The number of amides is 1. The van der Waals surface area contributed by atoms with Crippen LogP contribution in [0.3, 0.4) is 0 Å². The van der Waals surface area contributed by atoms with Gasteiger partial charge in [-0.2, -0.15) is 0 Å². The van der Waals surface area contributed by atoms with Crippen LogP contribution < -0.4 is 16.6 Å². The first-order chi connectivity index (χ1) is 16.4. The molecule has 170 valence electrons. The molecule has 0 saturated carbocycles. The molecule has 0 spiro atoms. The third kappa shape index (κ3) is 3.99. The van der Waals surface area contributed by atoms with Crippen molar-refractivity contribution in [1.82, 2.24) is 14.1 Å². The molecule has 3 aromatic heterocycles. The first kappa shape index (κ1) is 21.7. The van der Waals surface area contributed by atoms with Crippen molar-refractivity contribution in [2.24, 2.45) is 0 Å². The van der Waals surface area contributed by atoms with E-state index in [1.165, 1.54) is 47.0 Å². The number of hydrogen-bond donors (Lipinski definition) is 1. The van der Waals surface area contributed by atoms with Gasteiger partial charge in [0.05, 0.1) is 12.1 Å². The van der Waals surface area contributed by atoms with Gasteiger partial charge in [-0.25, -0.2) is 18.6 Å². The highest BCUT2D eigenvalue weighted by atomic mass is 32.1. The monoisotopic (exact) mass is 478 g/mol. The Morgan fingerprint density at radius 2 is 1.76 bits per heavy atom. The number of aromatic nitrogens is 3. The fraction of sp³-hybridized carbons (Fsp3) is 0.0833. The standard InChI is InChI=1S/C24H16F2N4O3S/c25-15-8-6-14(7-9-15)12-30-23(32)21-20(18-5-2-10-27-22(18)34-21)29(24(30)33)13-19(31)28-17-4-1-3-16(26)11-17/h1-11H,12-13H2,(H,28,31). The average molecular weight is 478 g/mol. The van der Waals surface area contributed by atoms with Gasteiger partial charge in [0, 0.05) is 17.3 Å². The van der Waals surface area contributed by atoms with Crippen LogP contribution in [0.2, 0.25) is 0 Å². The largest absolute Gasteiger partial charge is 0.332 e. The number of benzene rings is 2. The summed E-state index contributed by atoms with van der Waals surface area (Å²) in [7, 11) is 0. The van der Waals surface area contributed by atoms with Crippen LogP contribution >= 0.6 is 11.3 Å². The maximum atomic E-state index is 13.5. The summed E-state index contributed by atoms with van der Waals surface area (Å²) in [4.78, 5) is 44.4. The minimum absolute atomic E-state index is 0.0962. The van der Waals surface area contributed by atoms with E-state index in [-0.39, 0.29) is 16.9 Å². The van der Waals surface area contributed by atoms with Crippen LogP contribution in [0.5, 0.6) is 0 Å². The van der Waals surface area contributed by atoms with Crippen LogP contribution in [0.1, 0.15) is 5.56 Å². The fourth-order valence-corrected chi connectivity index (χ4v) is 4.85. The first-order valence-corrected chi connectivity index (χ1v) is 11.0. The topological polar surface area (TPSA) is 86.0 Å². The molecule has 0 aliphatic heterocycles. The summed E-state index contributed by atoms with van der Waals surface area (Å²) in [6.45, 7) is -0.503. The number of carbonyl (C=O) groups excluding carboxylic acids is 1. The van der Waals surface area contributed by atoms with Gasteiger partial charge >= 0.3 is 5.69 Å². The Morgan fingerprint density at radius 3 is 2.53 bits per heavy atom. The number of pyridine rings is 1. The number of nitrogens with one attached hydrogen (secondary N) is 1. The molecule has 0 fully saturated rings. The van der Waals surface area contributed by atoms with Crippen molar-refractivity contribution >= 4 is 43.4 Å². The van der Waals surface area contributed by atoms with E-state index in [1.54, 1.807) is 18.3 Å². The molecule has 0 unspecified atom stereocenters. The lowest BCUT2D eigenvalue weighted by atomic mass is 10.2. The van der Waals surface area contributed by atoms with Crippen molar-refractivity contribution in [1.29, 1.82) is 0 Å². The lowest BCUT2D eigenvalue weighted by molar-refractivity contribution is -0.116. The molecule has 1 N–H and O–H groups in total. The second-order valence-corrected chi connectivity index (χ2v) is 8.58. The molecule has 5 rings (SSSR count). The number of nitrogens with zero attached hydrogens (tertiary/aromatic N) is 3. The van der Waals surface area contributed by atoms with Gasteiger partial charge in [0.15, 0.2) is 0 Å². The van der Waals surface area contributed by atoms with Crippen LogP contribution in [0, 0.1) is 11.6 Å². The van der Waals surface area contributed by atoms with Gasteiger partial charge in [0.2, 0.25) is 5.91 Å².